The molecular formula is C26H35ClFN3O4S. The molecule has 0 bridgehead atoms. The molecule has 2 atom stereocenters. The minimum atomic E-state index is -3.59. The number of benzene rings is 2. The maximum atomic E-state index is 13.4. The summed E-state index contributed by atoms with van der Waals surface area (Å²) in [5.74, 6) is -0.919. The summed E-state index contributed by atoms with van der Waals surface area (Å²) in [6, 6.07) is 11.5. The number of rotatable bonds is 13. The van der Waals surface area contributed by atoms with Gasteiger partial charge in [0, 0.05) is 30.6 Å². The van der Waals surface area contributed by atoms with Crippen molar-refractivity contribution in [1.82, 2.24) is 10.2 Å². The average molecular weight is 540 g/mol. The van der Waals surface area contributed by atoms with Crippen LogP contribution in [0.2, 0.25) is 5.02 Å². The van der Waals surface area contributed by atoms with Gasteiger partial charge in [-0.25, -0.2) is 12.8 Å². The molecule has 0 aromatic heterocycles. The fourth-order valence-corrected chi connectivity index (χ4v) is 4.85. The van der Waals surface area contributed by atoms with Gasteiger partial charge in [0.2, 0.25) is 21.8 Å². The Balaban J connectivity index is 2.21. The number of nitrogens with zero attached hydrogens (tertiary/aromatic N) is 2. The number of amides is 2. The van der Waals surface area contributed by atoms with Crippen LogP contribution in [0, 0.1) is 5.82 Å². The second kappa shape index (κ2) is 13.6. The molecule has 2 aromatic carbocycles. The fraction of sp³-hybridized carbons (Fsp3) is 0.462. The van der Waals surface area contributed by atoms with Gasteiger partial charge in [-0.3, -0.25) is 13.9 Å². The van der Waals surface area contributed by atoms with E-state index < -0.39 is 16.1 Å². The summed E-state index contributed by atoms with van der Waals surface area (Å²) in [5.41, 5.74) is 1.15. The maximum Gasteiger partial charge on any atom is 0.243 e. The summed E-state index contributed by atoms with van der Waals surface area (Å²) < 4.78 is 39.4. The highest BCUT2D eigenvalue weighted by molar-refractivity contribution is 7.92. The third-order valence-electron chi connectivity index (χ3n) is 5.92. The molecule has 0 spiro atoms. The molecule has 0 heterocycles. The zero-order chi connectivity index (χ0) is 26.9. The summed E-state index contributed by atoms with van der Waals surface area (Å²) in [4.78, 5) is 27.9. The molecule has 0 aliphatic heterocycles. The van der Waals surface area contributed by atoms with Crippen molar-refractivity contribution < 1.29 is 22.4 Å². The van der Waals surface area contributed by atoms with Crippen molar-refractivity contribution in [3.05, 3.63) is 64.9 Å². The highest BCUT2D eigenvalue weighted by Gasteiger charge is 2.29. The smallest absolute Gasteiger partial charge is 0.243 e. The summed E-state index contributed by atoms with van der Waals surface area (Å²) in [5, 5.41) is 3.43. The number of anilines is 1. The van der Waals surface area contributed by atoms with E-state index >= 15 is 0 Å². The molecule has 0 saturated heterocycles. The van der Waals surface area contributed by atoms with E-state index in [0.717, 1.165) is 12.7 Å². The second-order valence-electron chi connectivity index (χ2n) is 8.81. The SMILES string of the molecule is CC[C@@H](C)NC(=O)[C@H](CC)N(Cc1ccc(F)cc1)C(=O)CCCN(c1ccc(Cl)cc1)S(C)(=O)=O. The molecular weight excluding hydrogens is 505 g/mol. The van der Waals surface area contributed by atoms with E-state index in [-0.39, 0.29) is 49.6 Å². The number of carbonyl (C=O) groups is 2. The molecule has 0 aliphatic rings. The van der Waals surface area contributed by atoms with Crippen LogP contribution in [0.5, 0.6) is 0 Å². The lowest BCUT2D eigenvalue weighted by Gasteiger charge is -2.32. The van der Waals surface area contributed by atoms with Crippen molar-refractivity contribution in [2.45, 2.75) is 65.1 Å². The van der Waals surface area contributed by atoms with E-state index in [1.165, 1.54) is 21.3 Å². The quantitative estimate of drug-likeness (QED) is 0.398. The minimum absolute atomic E-state index is 0.0356. The number of hydrogen-bond donors (Lipinski definition) is 1. The lowest BCUT2D eigenvalue weighted by molar-refractivity contribution is -0.141. The normalized spacial score (nSPS) is 13.1. The van der Waals surface area contributed by atoms with Gasteiger partial charge in [0.25, 0.3) is 0 Å². The molecule has 7 nitrogen and oxygen atoms in total. The fourth-order valence-electron chi connectivity index (χ4n) is 3.76. The molecule has 10 heteroatoms. The molecule has 1 N–H and O–H groups in total. The van der Waals surface area contributed by atoms with Gasteiger partial charge < -0.3 is 10.2 Å². The monoisotopic (exact) mass is 539 g/mol. The number of halogens is 2. The van der Waals surface area contributed by atoms with Crippen molar-refractivity contribution in [2.75, 3.05) is 17.1 Å². The van der Waals surface area contributed by atoms with Crippen LogP contribution in [0.25, 0.3) is 0 Å². The molecule has 198 valence electrons. The number of hydrogen-bond acceptors (Lipinski definition) is 4. The van der Waals surface area contributed by atoms with E-state index in [4.69, 9.17) is 11.6 Å². The van der Waals surface area contributed by atoms with Gasteiger partial charge >= 0.3 is 0 Å². The van der Waals surface area contributed by atoms with Gasteiger partial charge in [0.05, 0.1) is 11.9 Å². The lowest BCUT2D eigenvalue weighted by atomic mass is 10.1. The molecule has 0 fully saturated rings. The lowest BCUT2D eigenvalue weighted by Crippen LogP contribution is -2.50. The van der Waals surface area contributed by atoms with Gasteiger partial charge in [-0.15, -0.1) is 0 Å². The van der Waals surface area contributed by atoms with E-state index in [0.29, 0.717) is 22.7 Å². The zero-order valence-corrected chi connectivity index (χ0v) is 22.8. The standard InChI is InChI=1S/C26H35ClFN3O4S/c1-5-19(3)29-26(33)24(6-2)30(18-20-9-13-22(28)14-10-20)25(32)8-7-17-31(36(4,34)35)23-15-11-21(27)12-16-23/h9-16,19,24H,5-8,17-18H2,1-4H3,(H,29,33)/t19-,24+/m1/s1. The molecule has 0 radical (unpaired) electrons. The first kappa shape index (κ1) is 29.6. The molecule has 2 rings (SSSR count). The number of carbonyl (C=O) groups excluding carboxylic acids is 2. The van der Waals surface area contributed by atoms with Gasteiger partial charge in [-0.1, -0.05) is 37.6 Å². The van der Waals surface area contributed by atoms with Crippen LogP contribution >= 0.6 is 11.6 Å². The highest BCUT2D eigenvalue weighted by atomic mass is 35.5. The van der Waals surface area contributed by atoms with E-state index in [2.05, 4.69) is 5.32 Å². The highest BCUT2D eigenvalue weighted by Crippen LogP contribution is 2.22. The Bertz CT molecular complexity index is 1110. The summed E-state index contributed by atoms with van der Waals surface area (Å²) in [6.45, 7) is 5.91. The van der Waals surface area contributed by atoms with Crippen LogP contribution in [-0.4, -0.2) is 50.0 Å². The second-order valence-corrected chi connectivity index (χ2v) is 11.1. The molecule has 0 aliphatic carbocycles. The Hall–Kier alpha value is -2.65. The first-order valence-corrected chi connectivity index (χ1v) is 14.3. The Morgan fingerprint density at radius 3 is 2.17 bits per heavy atom. The Kier molecular flexibility index (Phi) is 11.2. The van der Waals surface area contributed by atoms with Gasteiger partial charge in [0.15, 0.2) is 0 Å². The third kappa shape index (κ3) is 8.78. The predicted molar refractivity (Wildman–Crippen MR) is 142 cm³/mol. The van der Waals surface area contributed by atoms with E-state index in [1.54, 1.807) is 36.4 Å². The largest absolute Gasteiger partial charge is 0.352 e. The van der Waals surface area contributed by atoms with Crippen LogP contribution in [-0.2, 0) is 26.2 Å². The molecule has 2 amide bonds. The average Bonchev–Trinajstić information content (AvgIpc) is 2.82. The van der Waals surface area contributed by atoms with Crippen molar-refractivity contribution in [2.24, 2.45) is 0 Å². The van der Waals surface area contributed by atoms with Crippen LogP contribution in [0.15, 0.2) is 48.5 Å². The predicted octanol–water partition coefficient (Wildman–Crippen LogP) is 4.75. The first-order chi connectivity index (χ1) is 17.0. The summed E-state index contributed by atoms with van der Waals surface area (Å²) >= 11 is 5.92. The van der Waals surface area contributed by atoms with Gasteiger partial charge in [0.1, 0.15) is 11.9 Å². The van der Waals surface area contributed by atoms with Crippen LogP contribution in [0.4, 0.5) is 10.1 Å². The minimum Gasteiger partial charge on any atom is -0.352 e. The Morgan fingerprint density at radius 2 is 1.64 bits per heavy atom. The number of nitrogens with one attached hydrogen (secondary N) is 1. The molecule has 0 saturated carbocycles. The zero-order valence-electron chi connectivity index (χ0n) is 21.2. The van der Waals surface area contributed by atoms with Crippen molar-refractivity contribution >= 4 is 39.1 Å². The first-order valence-electron chi connectivity index (χ1n) is 12.0. The summed E-state index contributed by atoms with van der Waals surface area (Å²) in [7, 11) is -3.59. The molecule has 36 heavy (non-hydrogen) atoms. The topological polar surface area (TPSA) is 86.8 Å². The van der Waals surface area contributed by atoms with Crippen molar-refractivity contribution in [3.63, 3.8) is 0 Å². The van der Waals surface area contributed by atoms with Crippen molar-refractivity contribution in [1.29, 1.82) is 0 Å². The molecule has 0 unspecified atom stereocenters. The van der Waals surface area contributed by atoms with Gasteiger partial charge in [-0.05, 0) is 68.1 Å². The van der Waals surface area contributed by atoms with Crippen LogP contribution in [0.1, 0.15) is 52.0 Å². The van der Waals surface area contributed by atoms with E-state index in [9.17, 15) is 22.4 Å². The summed E-state index contributed by atoms with van der Waals surface area (Å²) in [6.07, 6.45) is 2.54. The van der Waals surface area contributed by atoms with Crippen LogP contribution in [0.3, 0.4) is 0 Å². The Labute approximate surface area is 218 Å². The maximum absolute atomic E-state index is 13.4. The molecule has 2 aromatic rings. The van der Waals surface area contributed by atoms with Crippen molar-refractivity contribution in [3.8, 4) is 0 Å². The third-order valence-corrected chi connectivity index (χ3v) is 7.37. The van der Waals surface area contributed by atoms with Gasteiger partial charge in [-0.2, -0.15) is 0 Å². The van der Waals surface area contributed by atoms with Crippen LogP contribution < -0.4 is 9.62 Å². The number of sulfonamides is 1. The van der Waals surface area contributed by atoms with E-state index in [1.807, 2.05) is 20.8 Å². The Morgan fingerprint density at radius 1 is 1.03 bits per heavy atom.